The summed E-state index contributed by atoms with van der Waals surface area (Å²) in [6, 6.07) is 51.6. The number of hydrogen-bond donors (Lipinski definition) is 1. The summed E-state index contributed by atoms with van der Waals surface area (Å²) in [5, 5.41) is 7.00. The first-order valence-corrected chi connectivity index (χ1v) is 19.3. The van der Waals surface area contributed by atoms with Crippen molar-refractivity contribution >= 4 is 79.5 Å². The van der Waals surface area contributed by atoms with Gasteiger partial charge in [0.05, 0.1) is 55.9 Å². The molecule has 0 fully saturated rings. The molecular weight excluding hydrogens is 708 g/mol. The van der Waals surface area contributed by atoms with Crippen LogP contribution in [0.5, 0.6) is 0 Å². The van der Waals surface area contributed by atoms with Gasteiger partial charge in [0.25, 0.3) is 0 Å². The summed E-state index contributed by atoms with van der Waals surface area (Å²) in [5.41, 5.74) is 12.2. The number of hydrogen-bond acceptors (Lipinski definition) is 7. The molecule has 11 aromatic rings. The second-order valence-corrected chi connectivity index (χ2v) is 14.7. The summed E-state index contributed by atoms with van der Waals surface area (Å²) < 4.78 is 0. The molecular formula is C48H29N6OP. The fraction of sp³-hybridized carbons (Fsp3) is 0. The van der Waals surface area contributed by atoms with Gasteiger partial charge < -0.3 is 4.89 Å². The standard InChI is InChI=1S/C48H29N6OP/c55-56-38-26-36(41-20-16-31-11-9-29-7-3-23-50-44(29)46(31)53-41)25-37(27-38)42-21-17-33-13-12-32-15-19-40(52-47(32)48(33)54-42)35-5-1-4-34(24-35)39-18-14-30-10-8-28-6-2-22-49-43(28)45(30)51-39/h1-27,55-56H. The van der Waals surface area contributed by atoms with Crippen molar-refractivity contribution in [1.82, 2.24) is 29.9 Å². The Hall–Kier alpha value is -7.05. The zero-order valence-electron chi connectivity index (χ0n) is 29.7. The number of nitrogens with zero attached hydrogens (tertiary/aromatic N) is 6. The minimum absolute atomic E-state index is 0.383. The molecule has 0 saturated heterocycles. The first-order valence-electron chi connectivity index (χ1n) is 18.3. The van der Waals surface area contributed by atoms with Gasteiger partial charge in [-0.1, -0.05) is 91.0 Å². The zero-order valence-corrected chi connectivity index (χ0v) is 30.7. The lowest BCUT2D eigenvalue weighted by molar-refractivity contribution is 0.655. The van der Waals surface area contributed by atoms with Crippen molar-refractivity contribution in [3.8, 4) is 45.0 Å². The Morgan fingerprint density at radius 2 is 0.661 bits per heavy atom. The average Bonchev–Trinajstić information content (AvgIpc) is 3.28. The molecule has 0 spiro atoms. The molecule has 1 unspecified atom stereocenters. The van der Waals surface area contributed by atoms with Crippen molar-refractivity contribution in [2.75, 3.05) is 0 Å². The third-order valence-electron chi connectivity index (χ3n) is 10.5. The van der Waals surface area contributed by atoms with E-state index >= 15 is 0 Å². The van der Waals surface area contributed by atoms with Crippen LogP contribution in [0.4, 0.5) is 0 Å². The van der Waals surface area contributed by atoms with E-state index in [1.807, 2.05) is 42.6 Å². The van der Waals surface area contributed by atoms with E-state index in [9.17, 15) is 4.89 Å². The molecule has 11 rings (SSSR count). The number of fused-ring (bicyclic) bond motifs is 9. The van der Waals surface area contributed by atoms with Gasteiger partial charge in [-0.05, 0) is 60.7 Å². The molecule has 6 heterocycles. The summed E-state index contributed by atoms with van der Waals surface area (Å²) >= 11 is 0. The number of benzene rings is 5. The fourth-order valence-electron chi connectivity index (χ4n) is 7.68. The molecule has 0 aliphatic rings. The maximum Gasteiger partial charge on any atom is 0.0972 e. The molecule has 0 aliphatic heterocycles. The lowest BCUT2D eigenvalue weighted by atomic mass is 10.0. The Labute approximate surface area is 322 Å². The van der Waals surface area contributed by atoms with E-state index in [4.69, 9.17) is 19.9 Å². The lowest BCUT2D eigenvalue weighted by Gasteiger charge is -2.11. The molecule has 0 amide bonds. The second-order valence-electron chi connectivity index (χ2n) is 13.9. The van der Waals surface area contributed by atoms with E-state index in [1.54, 1.807) is 6.20 Å². The summed E-state index contributed by atoms with van der Waals surface area (Å²) in [6.45, 7) is 0. The van der Waals surface area contributed by atoms with E-state index in [0.717, 1.165) is 116 Å². The van der Waals surface area contributed by atoms with Gasteiger partial charge in [0.1, 0.15) is 0 Å². The molecule has 0 radical (unpaired) electrons. The number of aromatic nitrogens is 6. The van der Waals surface area contributed by atoms with Crippen molar-refractivity contribution in [3.05, 3.63) is 164 Å². The summed E-state index contributed by atoms with van der Waals surface area (Å²) in [5.74, 6) is 0. The van der Waals surface area contributed by atoms with Crippen LogP contribution in [-0.2, 0) is 0 Å². The van der Waals surface area contributed by atoms with Gasteiger partial charge in [0.15, 0.2) is 0 Å². The van der Waals surface area contributed by atoms with Crippen LogP contribution < -0.4 is 5.30 Å². The van der Waals surface area contributed by atoms with Crippen LogP contribution in [-0.4, -0.2) is 34.8 Å². The summed E-state index contributed by atoms with van der Waals surface area (Å²) in [6.07, 6.45) is 3.62. The highest BCUT2D eigenvalue weighted by molar-refractivity contribution is 7.40. The Balaban J connectivity index is 1.000. The van der Waals surface area contributed by atoms with Gasteiger partial charge >= 0.3 is 0 Å². The van der Waals surface area contributed by atoms with E-state index < -0.39 is 0 Å². The van der Waals surface area contributed by atoms with E-state index in [1.165, 1.54) is 0 Å². The topological polar surface area (TPSA) is 97.6 Å². The third-order valence-corrected chi connectivity index (χ3v) is 11.0. The molecule has 262 valence electrons. The van der Waals surface area contributed by atoms with Crippen molar-refractivity contribution in [3.63, 3.8) is 0 Å². The average molecular weight is 737 g/mol. The van der Waals surface area contributed by atoms with Gasteiger partial charge in [0, 0.05) is 81.1 Å². The Morgan fingerprint density at radius 1 is 0.321 bits per heavy atom. The van der Waals surface area contributed by atoms with Crippen LogP contribution in [0.1, 0.15) is 0 Å². The van der Waals surface area contributed by atoms with Gasteiger partial charge in [-0.15, -0.1) is 0 Å². The molecule has 5 aromatic carbocycles. The quantitative estimate of drug-likeness (QED) is 0.139. The predicted octanol–water partition coefficient (Wildman–Crippen LogP) is 10.9. The van der Waals surface area contributed by atoms with Crippen LogP contribution in [0, 0.1) is 0 Å². The highest BCUT2D eigenvalue weighted by Crippen LogP contribution is 2.33. The van der Waals surface area contributed by atoms with Crippen LogP contribution in [0.2, 0.25) is 0 Å². The van der Waals surface area contributed by atoms with Crippen molar-refractivity contribution in [2.24, 2.45) is 0 Å². The maximum absolute atomic E-state index is 10.4. The normalized spacial score (nSPS) is 11.9. The van der Waals surface area contributed by atoms with Crippen molar-refractivity contribution < 1.29 is 4.89 Å². The number of pyridine rings is 6. The second kappa shape index (κ2) is 13.1. The smallest absolute Gasteiger partial charge is 0.0972 e. The molecule has 0 aliphatic carbocycles. The molecule has 8 heteroatoms. The predicted molar refractivity (Wildman–Crippen MR) is 230 cm³/mol. The SMILES string of the molecule is OPc1cc(-c2ccc3ccc4cccnc4c3n2)cc(-c2ccc3ccc4ccc(-c5cccc(-c6ccc7ccc8cccnc8c7n6)c5)nc4c3n2)c1. The van der Waals surface area contributed by atoms with Gasteiger partial charge in [-0.3, -0.25) is 9.97 Å². The molecule has 0 bridgehead atoms. The van der Waals surface area contributed by atoms with E-state index in [0.29, 0.717) is 0 Å². The maximum atomic E-state index is 10.4. The molecule has 6 aromatic heterocycles. The summed E-state index contributed by atoms with van der Waals surface area (Å²) in [7, 11) is -0.383. The van der Waals surface area contributed by atoms with Crippen LogP contribution in [0.25, 0.3) is 110 Å². The van der Waals surface area contributed by atoms with Gasteiger partial charge in [-0.2, -0.15) is 0 Å². The first-order chi connectivity index (χ1) is 27.6. The first kappa shape index (κ1) is 32.4. The summed E-state index contributed by atoms with van der Waals surface area (Å²) in [4.78, 5) is 40.3. The molecule has 1 atom stereocenters. The van der Waals surface area contributed by atoms with Crippen molar-refractivity contribution in [1.29, 1.82) is 0 Å². The van der Waals surface area contributed by atoms with Crippen LogP contribution >= 0.6 is 8.81 Å². The fourth-order valence-corrected chi connectivity index (χ4v) is 8.12. The third kappa shape index (κ3) is 5.52. The molecule has 0 saturated carbocycles. The Kier molecular flexibility index (Phi) is 7.55. The highest BCUT2D eigenvalue weighted by Gasteiger charge is 2.14. The minimum Gasteiger partial charge on any atom is -0.372 e. The van der Waals surface area contributed by atoms with Gasteiger partial charge in [0.2, 0.25) is 0 Å². The minimum atomic E-state index is -0.383. The highest BCUT2D eigenvalue weighted by atomic mass is 31.1. The largest absolute Gasteiger partial charge is 0.372 e. The Bertz CT molecular complexity index is 3390. The molecule has 7 nitrogen and oxygen atoms in total. The lowest BCUT2D eigenvalue weighted by Crippen LogP contribution is -1.99. The van der Waals surface area contributed by atoms with Gasteiger partial charge in [-0.25, -0.2) is 19.9 Å². The Morgan fingerprint density at radius 3 is 1.07 bits per heavy atom. The van der Waals surface area contributed by atoms with Crippen molar-refractivity contribution in [2.45, 2.75) is 0 Å². The van der Waals surface area contributed by atoms with Crippen LogP contribution in [0.3, 0.4) is 0 Å². The van der Waals surface area contributed by atoms with Crippen LogP contribution in [0.15, 0.2) is 164 Å². The molecule has 1 N–H and O–H groups in total. The molecule has 56 heavy (non-hydrogen) atoms. The van der Waals surface area contributed by atoms with E-state index in [-0.39, 0.29) is 8.81 Å². The monoisotopic (exact) mass is 736 g/mol. The number of rotatable bonds is 5. The van der Waals surface area contributed by atoms with E-state index in [2.05, 4.69) is 125 Å². The zero-order chi connectivity index (χ0) is 37.2.